The van der Waals surface area contributed by atoms with Crippen LogP contribution in [0.25, 0.3) is 22.6 Å². The number of hydrogen-bond acceptors (Lipinski definition) is 4. The minimum Gasteiger partial charge on any atom is -0.496 e. The summed E-state index contributed by atoms with van der Waals surface area (Å²) in [5, 5.41) is 0. The molecule has 0 aliphatic rings. The number of aromatic amines is 1. The molecule has 0 bridgehead atoms. The number of H-pyrrole nitrogens is 1. The van der Waals surface area contributed by atoms with Crippen LogP contribution in [0.2, 0.25) is 0 Å². The van der Waals surface area contributed by atoms with Crippen molar-refractivity contribution in [3.63, 3.8) is 0 Å². The number of aryl methyl sites for hydroxylation is 1. The molecule has 0 aliphatic heterocycles. The molecule has 0 saturated heterocycles. The van der Waals surface area contributed by atoms with Gasteiger partial charge in [0, 0.05) is 14.1 Å². The highest BCUT2D eigenvalue weighted by Crippen LogP contribution is 2.30. The Bertz CT molecular complexity index is 792. The third-order valence-electron chi connectivity index (χ3n) is 3.40. The maximum atomic E-state index is 5.42. The number of fused-ring (bicyclic) bond motifs is 1. The summed E-state index contributed by atoms with van der Waals surface area (Å²) in [5.74, 6) is 2.46. The van der Waals surface area contributed by atoms with Gasteiger partial charge in [-0.05, 0) is 31.2 Å². The number of anilines is 1. The number of pyridine rings is 1. The van der Waals surface area contributed by atoms with Crippen LogP contribution in [0.4, 0.5) is 5.82 Å². The molecule has 0 saturated carbocycles. The molecule has 21 heavy (non-hydrogen) atoms. The molecule has 108 valence electrons. The average Bonchev–Trinajstić information content (AvgIpc) is 2.89. The number of hydrogen-bond donors (Lipinski definition) is 1. The summed E-state index contributed by atoms with van der Waals surface area (Å²) in [6, 6.07) is 10.0. The van der Waals surface area contributed by atoms with Crippen molar-refractivity contribution < 1.29 is 4.74 Å². The van der Waals surface area contributed by atoms with E-state index in [9.17, 15) is 0 Å². The predicted octanol–water partition coefficient (Wildman–Crippen LogP) is 3.01. The SMILES string of the molecule is COc1ccc(C)cc1-c1nc2nc(N(C)C)ccc2[nH]1. The zero-order chi connectivity index (χ0) is 15.0. The maximum absolute atomic E-state index is 5.42. The van der Waals surface area contributed by atoms with Crippen molar-refractivity contribution in [3.8, 4) is 17.1 Å². The number of imidazole rings is 1. The number of aromatic nitrogens is 3. The zero-order valence-electron chi connectivity index (χ0n) is 12.6. The first-order valence-electron chi connectivity index (χ1n) is 6.77. The summed E-state index contributed by atoms with van der Waals surface area (Å²) in [6.45, 7) is 2.05. The second-order valence-electron chi connectivity index (χ2n) is 5.22. The van der Waals surface area contributed by atoms with E-state index < -0.39 is 0 Å². The van der Waals surface area contributed by atoms with Crippen molar-refractivity contribution in [2.24, 2.45) is 0 Å². The van der Waals surface area contributed by atoms with E-state index in [1.54, 1.807) is 7.11 Å². The van der Waals surface area contributed by atoms with E-state index in [1.165, 1.54) is 0 Å². The number of methoxy groups -OCH3 is 1. The van der Waals surface area contributed by atoms with Crippen LogP contribution in [0.5, 0.6) is 5.75 Å². The number of ether oxygens (including phenoxy) is 1. The van der Waals surface area contributed by atoms with Crippen LogP contribution in [-0.2, 0) is 0 Å². The normalized spacial score (nSPS) is 10.9. The van der Waals surface area contributed by atoms with Crippen molar-refractivity contribution in [2.75, 3.05) is 26.1 Å². The van der Waals surface area contributed by atoms with Gasteiger partial charge in [0.05, 0.1) is 18.2 Å². The van der Waals surface area contributed by atoms with Gasteiger partial charge in [-0.3, -0.25) is 0 Å². The van der Waals surface area contributed by atoms with Gasteiger partial charge in [-0.25, -0.2) is 9.97 Å². The molecule has 0 spiro atoms. The molecule has 5 heteroatoms. The van der Waals surface area contributed by atoms with Crippen LogP contribution in [0.3, 0.4) is 0 Å². The zero-order valence-corrected chi connectivity index (χ0v) is 12.6. The molecular weight excluding hydrogens is 264 g/mol. The van der Waals surface area contributed by atoms with Gasteiger partial charge in [-0.15, -0.1) is 0 Å². The quantitative estimate of drug-likeness (QED) is 0.802. The topological polar surface area (TPSA) is 54.0 Å². The third-order valence-corrected chi connectivity index (χ3v) is 3.40. The first-order chi connectivity index (χ1) is 10.1. The molecule has 1 N–H and O–H groups in total. The van der Waals surface area contributed by atoms with Crippen molar-refractivity contribution in [1.82, 2.24) is 15.0 Å². The summed E-state index contributed by atoms with van der Waals surface area (Å²) < 4.78 is 5.42. The lowest BCUT2D eigenvalue weighted by atomic mass is 10.1. The van der Waals surface area contributed by atoms with Gasteiger partial charge in [0.15, 0.2) is 5.65 Å². The monoisotopic (exact) mass is 282 g/mol. The number of nitrogens with one attached hydrogen (secondary N) is 1. The summed E-state index contributed by atoms with van der Waals surface area (Å²) >= 11 is 0. The van der Waals surface area contributed by atoms with Gasteiger partial charge in [-0.2, -0.15) is 0 Å². The largest absolute Gasteiger partial charge is 0.496 e. The Kier molecular flexibility index (Phi) is 3.25. The van der Waals surface area contributed by atoms with Crippen LogP contribution in [0.1, 0.15) is 5.56 Å². The van der Waals surface area contributed by atoms with E-state index in [4.69, 9.17) is 4.74 Å². The van der Waals surface area contributed by atoms with Crippen LogP contribution in [0, 0.1) is 6.92 Å². The Morgan fingerprint density at radius 1 is 1.10 bits per heavy atom. The van der Waals surface area contributed by atoms with E-state index in [-0.39, 0.29) is 0 Å². The second-order valence-corrected chi connectivity index (χ2v) is 5.22. The first-order valence-corrected chi connectivity index (χ1v) is 6.77. The maximum Gasteiger partial charge on any atom is 0.180 e. The van der Waals surface area contributed by atoms with Crippen molar-refractivity contribution in [3.05, 3.63) is 35.9 Å². The Morgan fingerprint density at radius 2 is 1.90 bits per heavy atom. The molecule has 0 radical (unpaired) electrons. The van der Waals surface area contributed by atoms with E-state index in [1.807, 2.05) is 50.2 Å². The van der Waals surface area contributed by atoms with Crippen LogP contribution < -0.4 is 9.64 Å². The molecule has 0 fully saturated rings. The minimum atomic E-state index is 0.708. The summed E-state index contributed by atoms with van der Waals surface area (Å²) in [7, 11) is 5.59. The van der Waals surface area contributed by atoms with E-state index in [2.05, 4.69) is 21.0 Å². The molecule has 0 amide bonds. The van der Waals surface area contributed by atoms with Gasteiger partial charge in [0.25, 0.3) is 0 Å². The molecule has 1 aromatic carbocycles. The Balaban J connectivity index is 2.15. The molecule has 0 atom stereocenters. The molecular formula is C16H18N4O. The first kappa shape index (κ1) is 13.4. The fourth-order valence-corrected chi connectivity index (χ4v) is 2.27. The van der Waals surface area contributed by atoms with Crippen molar-refractivity contribution in [1.29, 1.82) is 0 Å². The number of rotatable bonds is 3. The summed E-state index contributed by atoms with van der Waals surface area (Å²) in [6.07, 6.45) is 0. The van der Waals surface area contributed by atoms with Gasteiger partial charge >= 0.3 is 0 Å². The van der Waals surface area contributed by atoms with Crippen molar-refractivity contribution in [2.45, 2.75) is 6.92 Å². The molecule has 5 nitrogen and oxygen atoms in total. The molecule has 2 aromatic heterocycles. The smallest absolute Gasteiger partial charge is 0.180 e. The molecule has 0 unspecified atom stereocenters. The molecule has 2 heterocycles. The minimum absolute atomic E-state index is 0.708. The highest BCUT2D eigenvalue weighted by Gasteiger charge is 2.12. The van der Waals surface area contributed by atoms with Gasteiger partial charge in [0.2, 0.25) is 0 Å². The van der Waals surface area contributed by atoms with Gasteiger partial charge in [-0.1, -0.05) is 11.6 Å². The number of nitrogens with zero attached hydrogens (tertiary/aromatic N) is 3. The van der Waals surface area contributed by atoms with Gasteiger partial charge < -0.3 is 14.6 Å². The molecule has 3 aromatic rings. The molecule has 0 aliphatic carbocycles. The fourth-order valence-electron chi connectivity index (χ4n) is 2.27. The predicted molar refractivity (Wildman–Crippen MR) is 84.9 cm³/mol. The Labute approximate surface area is 123 Å². The Hall–Kier alpha value is -2.56. The second kappa shape index (κ2) is 5.09. The lowest BCUT2D eigenvalue weighted by Crippen LogP contribution is -2.10. The average molecular weight is 282 g/mol. The molecule has 3 rings (SSSR count). The van der Waals surface area contributed by atoms with Crippen molar-refractivity contribution >= 4 is 17.0 Å². The standard InChI is InChI=1S/C16H18N4O/c1-10-5-7-13(21-4)11(9-10)15-17-12-6-8-14(20(2)3)18-16(12)19-15/h5-9H,1-4H3,(H,17,18,19). The highest BCUT2D eigenvalue weighted by atomic mass is 16.5. The van der Waals surface area contributed by atoms with Crippen LogP contribution in [-0.4, -0.2) is 36.2 Å². The number of benzene rings is 1. The van der Waals surface area contributed by atoms with Gasteiger partial charge in [0.1, 0.15) is 17.4 Å². The van der Waals surface area contributed by atoms with Crippen LogP contribution in [0.15, 0.2) is 30.3 Å². The van der Waals surface area contributed by atoms with Crippen LogP contribution >= 0.6 is 0 Å². The third kappa shape index (κ3) is 2.42. The summed E-state index contributed by atoms with van der Waals surface area (Å²) in [5.41, 5.74) is 3.73. The highest BCUT2D eigenvalue weighted by molar-refractivity contribution is 5.79. The lowest BCUT2D eigenvalue weighted by molar-refractivity contribution is 0.416. The van der Waals surface area contributed by atoms with E-state index >= 15 is 0 Å². The van der Waals surface area contributed by atoms with E-state index in [0.717, 1.165) is 34.0 Å². The fraction of sp³-hybridized carbons (Fsp3) is 0.250. The van der Waals surface area contributed by atoms with E-state index in [0.29, 0.717) is 5.65 Å². The summed E-state index contributed by atoms with van der Waals surface area (Å²) in [4.78, 5) is 14.4. The lowest BCUT2D eigenvalue weighted by Gasteiger charge is -2.09. The Morgan fingerprint density at radius 3 is 2.62 bits per heavy atom.